The van der Waals surface area contributed by atoms with E-state index in [1.54, 1.807) is 0 Å². The fraction of sp³-hybridized carbons (Fsp3) is 0.917. The zero-order valence-electron chi connectivity index (χ0n) is 22.4. The van der Waals surface area contributed by atoms with Gasteiger partial charge in [0.15, 0.2) is 18.9 Å². The number of ether oxygens (including phenoxy) is 6. The second-order valence-corrected chi connectivity index (χ2v) is 11.0. The van der Waals surface area contributed by atoms with Crippen LogP contribution in [0.25, 0.3) is 0 Å². The van der Waals surface area contributed by atoms with Crippen LogP contribution in [0, 0.1) is 0 Å². The molecule has 0 aromatic carbocycles. The van der Waals surface area contributed by atoms with Crippen LogP contribution in [0.4, 0.5) is 0 Å². The maximum atomic E-state index is 11.5. The zero-order valence-corrected chi connectivity index (χ0v) is 22.4. The topological polar surface area (TPSA) is 299 Å². The van der Waals surface area contributed by atoms with Gasteiger partial charge in [-0.15, -0.1) is 6.58 Å². The Balaban J connectivity index is 1.52. The van der Waals surface area contributed by atoms with Crippen molar-refractivity contribution in [2.75, 3.05) is 26.4 Å². The normalized spacial score (nSPS) is 52.3. The van der Waals surface area contributed by atoms with Crippen LogP contribution < -0.4 is 17.2 Å². The Morgan fingerprint density at radius 2 is 1.41 bits per heavy atom. The van der Waals surface area contributed by atoms with Crippen molar-refractivity contribution in [2.24, 2.45) is 17.2 Å². The summed E-state index contributed by atoms with van der Waals surface area (Å²) >= 11 is 0. The predicted molar refractivity (Wildman–Crippen MR) is 134 cm³/mol. The van der Waals surface area contributed by atoms with Gasteiger partial charge in [-0.2, -0.15) is 0 Å². The number of hydrogen-bond donors (Lipinski definition) is 11. The third-order valence-electron chi connectivity index (χ3n) is 8.37. The van der Waals surface area contributed by atoms with E-state index in [-0.39, 0.29) is 18.9 Å². The smallest absolute Gasteiger partial charge is 0.176 e. The number of rotatable bonds is 11. The van der Waals surface area contributed by atoms with Crippen LogP contribution in [-0.4, -0.2) is 164 Å². The molecule has 0 amide bonds. The summed E-state index contributed by atoms with van der Waals surface area (Å²) in [7, 11) is 0. The lowest BCUT2D eigenvalue weighted by Crippen LogP contribution is -2.76. The maximum absolute atomic E-state index is 11.5. The Labute approximate surface area is 235 Å². The van der Waals surface area contributed by atoms with Crippen molar-refractivity contribution in [2.45, 2.75) is 110 Å². The van der Waals surface area contributed by atoms with E-state index in [0.717, 1.165) is 0 Å². The minimum Gasteiger partial charge on any atom is -0.394 e. The van der Waals surface area contributed by atoms with E-state index in [0.29, 0.717) is 6.61 Å². The minimum absolute atomic E-state index is 0.0191. The van der Waals surface area contributed by atoms with E-state index in [4.69, 9.17) is 45.6 Å². The van der Waals surface area contributed by atoms with E-state index >= 15 is 0 Å². The second kappa shape index (κ2) is 13.0. The van der Waals surface area contributed by atoms with Gasteiger partial charge < -0.3 is 86.5 Å². The molecule has 4 heterocycles. The van der Waals surface area contributed by atoms with Gasteiger partial charge in [-0.25, -0.2) is 0 Å². The van der Waals surface area contributed by atoms with Gasteiger partial charge in [0.2, 0.25) is 0 Å². The van der Waals surface area contributed by atoms with Gasteiger partial charge in [0.1, 0.15) is 53.9 Å². The Morgan fingerprint density at radius 1 is 0.854 bits per heavy atom. The van der Waals surface area contributed by atoms with Gasteiger partial charge in [0.25, 0.3) is 0 Å². The highest BCUT2D eigenvalue weighted by Crippen LogP contribution is 2.45. The summed E-state index contributed by atoms with van der Waals surface area (Å²) in [6, 6.07) is -4.06. The Bertz CT molecular complexity index is 885. The Kier molecular flexibility index (Phi) is 10.4. The molecule has 4 aliphatic heterocycles. The first kappa shape index (κ1) is 33.0. The van der Waals surface area contributed by atoms with Crippen LogP contribution in [0.5, 0.6) is 0 Å². The fourth-order valence-electron chi connectivity index (χ4n) is 5.76. The second-order valence-electron chi connectivity index (χ2n) is 11.0. The highest BCUT2D eigenvalue weighted by molar-refractivity contribution is 5.15. The SMILES string of the molecule is C=CC[C@]1(O)[C@H](O)[C@@H](N)[C@@H](OC2[C@@H](CO)O[C@@H](OC3[C@@H](CO)O[C@@H](O)[C@H](N)[C@H]3O)[C@H](N)[C@H]2O)O[C@@]1(CO)CC1CO1. The van der Waals surface area contributed by atoms with Crippen molar-refractivity contribution < 1.29 is 69.3 Å². The van der Waals surface area contributed by atoms with Crippen LogP contribution in [0.15, 0.2) is 12.7 Å². The van der Waals surface area contributed by atoms with Gasteiger partial charge in [0.05, 0.1) is 50.7 Å². The summed E-state index contributed by atoms with van der Waals surface area (Å²) in [5.74, 6) is 0. The molecule has 4 rings (SSSR count). The molecule has 16 atom stereocenters. The molecule has 0 aromatic rings. The highest BCUT2D eigenvalue weighted by atomic mass is 16.7. The molecule has 0 aromatic heterocycles. The van der Waals surface area contributed by atoms with Crippen molar-refractivity contribution in [1.82, 2.24) is 0 Å². The fourth-order valence-corrected chi connectivity index (χ4v) is 5.76. The predicted octanol–water partition coefficient (Wildman–Crippen LogP) is -6.57. The number of hydrogen-bond acceptors (Lipinski definition) is 17. The largest absolute Gasteiger partial charge is 0.394 e. The minimum atomic E-state index is -2.07. The molecule has 4 aliphatic rings. The van der Waals surface area contributed by atoms with E-state index in [2.05, 4.69) is 6.58 Å². The molecule has 0 saturated carbocycles. The summed E-state index contributed by atoms with van der Waals surface area (Å²) in [5.41, 5.74) is 14.3. The molecule has 3 unspecified atom stereocenters. The van der Waals surface area contributed by atoms with Crippen LogP contribution >= 0.6 is 0 Å². The first-order chi connectivity index (χ1) is 19.4. The molecule has 4 saturated heterocycles. The zero-order chi connectivity index (χ0) is 30.3. The lowest BCUT2D eigenvalue weighted by molar-refractivity contribution is -0.377. The van der Waals surface area contributed by atoms with E-state index < -0.39 is 111 Å². The summed E-state index contributed by atoms with van der Waals surface area (Å²) < 4.78 is 33.9. The number of epoxide rings is 1. The third-order valence-corrected chi connectivity index (χ3v) is 8.37. The van der Waals surface area contributed by atoms with Crippen LogP contribution in [0.2, 0.25) is 0 Å². The van der Waals surface area contributed by atoms with Crippen molar-refractivity contribution in [3.63, 3.8) is 0 Å². The van der Waals surface area contributed by atoms with Gasteiger partial charge in [-0.1, -0.05) is 6.08 Å². The molecule has 41 heavy (non-hydrogen) atoms. The van der Waals surface area contributed by atoms with E-state index in [1.165, 1.54) is 6.08 Å². The monoisotopic (exact) mass is 597 g/mol. The molecule has 17 nitrogen and oxygen atoms in total. The summed E-state index contributed by atoms with van der Waals surface area (Å²) in [5, 5.41) is 84.2. The summed E-state index contributed by atoms with van der Waals surface area (Å²) in [4.78, 5) is 0. The summed E-state index contributed by atoms with van der Waals surface area (Å²) in [6.07, 6.45) is -13.9. The lowest BCUT2D eigenvalue weighted by atomic mass is 9.70. The van der Waals surface area contributed by atoms with E-state index in [1.807, 2.05) is 0 Å². The van der Waals surface area contributed by atoms with Crippen molar-refractivity contribution in [3.8, 4) is 0 Å². The maximum Gasteiger partial charge on any atom is 0.176 e. The molecular formula is C24H43N3O14. The average Bonchev–Trinajstić information content (AvgIpc) is 3.78. The van der Waals surface area contributed by atoms with E-state index in [9.17, 15) is 40.9 Å². The third kappa shape index (κ3) is 6.06. The van der Waals surface area contributed by atoms with Gasteiger partial charge >= 0.3 is 0 Å². The molecule has 14 N–H and O–H groups in total. The number of nitrogens with two attached hydrogens (primary N) is 3. The molecule has 0 radical (unpaired) electrons. The molecule has 4 fully saturated rings. The van der Waals surface area contributed by atoms with Gasteiger partial charge in [-0.3, -0.25) is 0 Å². The van der Waals surface area contributed by atoms with Crippen molar-refractivity contribution in [3.05, 3.63) is 12.7 Å². The Hall–Kier alpha value is -0.940. The van der Waals surface area contributed by atoms with Crippen LogP contribution in [0.3, 0.4) is 0 Å². The highest BCUT2D eigenvalue weighted by Gasteiger charge is 2.64. The molecule has 0 bridgehead atoms. The summed E-state index contributed by atoms with van der Waals surface area (Å²) in [6.45, 7) is 1.81. The van der Waals surface area contributed by atoms with Crippen molar-refractivity contribution in [1.29, 1.82) is 0 Å². The molecule has 238 valence electrons. The van der Waals surface area contributed by atoms with Crippen molar-refractivity contribution >= 4 is 0 Å². The first-order valence-corrected chi connectivity index (χ1v) is 13.4. The lowest BCUT2D eigenvalue weighted by Gasteiger charge is -2.56. The van der Waals surface area contributed by atoms with Crippen LogP contribution in [0.1, 0.15) is 12.8 Å². The standard InChI is InChI=1S/C24H43N3O14/c1-2-3-24(35)19(33)14(27)22(41-23(24,8-30)4-9-7-36-9)40-18-11(6-29)38-21(13(26)16(18)32)39-17-10(5-28)37-20(34)12(25)15(17)31/h2,9-22,28-35H,1,3-8,25-27H2/t9?,10-,11-,12-,13-,14-,15-,16-,17?,18?,19-,20-,21+,22+,23-,24+/m1/s1. The molecular weight excluding hydrogens is 554 g/mol. The Morgan fingerprint density at radius 3 is 1.95 bits per heavy atom. The molecule has 17 heteroatoms. The first-order valence-electron chi connectivity index (χ1n) is 13.4. The quantitative estimate of drug-likeness (QED) is 0.0779. The molecule has 0 aliphatic carbocycles. The van der Waals surface area contributed by atoms with Gasteiger partial charge in [-0.05, 0) is 6.42 Å². The average molecular weight is 598 g/mol. The molecule has 0 spiro atoms. The number of aliphatic hydroxyl groups is 8. The van der Waals surface area contributed by atoms with Crippen LogP contribution in [-0.2, 0) is 28.4 Å². The number of aliphatic hydroxyl groups excluding tert-OH is 7. The van der Waals surface area contributed by atoms with Gasteiger partial charge in [0, 0.05) is 6.42 Å².